The molecule has 112 valence electrons. The van der Waals surface area contributed by atoms with Gasteiger partial charge in [-0.05, 0) is 29.8 Å². The number of hydrogen-bond donors (Lipinski definition) is 3. The summed E-state index contributed by atoms with van der Waals surface area (Å²) in [4.78, 5) is 12.1. The lowest BCUT2D eigenvalue weighted by Gasteiger charge is -2.24. The molecule has 2 aromatic rings. The van der Waals surface area contributed by atoms with Crippen LogP contribution in [0.3, 0.4) is 0 Å². The van der Waals surface area contributed by atoms with Crippen molar-refractivity contribution in [2.75, 3.05) is 18.4 Å². The zero-order chi connectivity index (χ0) is 15.3. The van der Waals surface area contributed by atoms with Crippen molar-refractivity contribution < 1.29 is 4.79 Å². The average molecular weight is 285 g/mol. The summed E-state index contributed by atoms with van der Waals surface area (Å²) >= 11 is 0. The Morgan fingerprint density at radius 1 is 1.14 bits per heavy atom. The third-order valence-corrected chi connectivity index (χ3v) is 3.59. The van der Waals surface area contributed by atoms with Crippen molar-refractivity contribution in [3.8, 4) is 0 Å². The minimum atomic E-state index is -0.184. The van der Waals surface area contributed by atoms with Crippen LogP contribution in [0.5, 0.6) is 0 Å². The Bertz CT molecular complexity index is 617. The van der Waals surface area contributed by atoms with Crippen molar-refractivity contribution in [3.63, 3.8) is 0 Å². The predicted octanol–water partition coefficient (Wildman–Crippen LogP) is 3.34. The molecule has 0 fully saturated rings. The molecule has 0 spiro atoms. The smallest absolute Gasteiger partial charge is 0.319 e. The Hall–Kier alpha value is -2.07. The second kappa shape index (κ2) is 6.59. The molecule has 2 amide bonds. The molecule has 0 heterocycles. The predicted molar refractivity (Wildman–Crippen MR) is 88.4 cm³/mol. The summed E-state index contributed by atoms with van der Waals surface area (Å²) in [6, 6.07) is 13.7. The van der Waals surface area contributed by atoms with Crippen LogP contribution in [0.25, 0.3) is 10.8 Å². The Balaban J connectivity index is 2.02. The van der Waals surface area contributed by atoms with E-state index in [1.807, 2.05) is 42.5 Å². The molecule has 4 heteroatoms. The van der Waals surface area contributed by atoms with Crippen molar-refractivity contribution >= 4 is 22.5 Å². The second-order valence-corrected chi connectivity index (χ2v) is 6.04. The molecule has 0 unspecified atom stereocenters. The van der Waals surface area contributed by atoms with E-state index in [9.17, 15) is 4.79 Å². The molecule has 0 saturated carbocycles. The first-order chi connectivity index (χ1) is 10.0. The van der Waals surface area contributed by atoms with E-state index in [-0.39, 0.29) is 11.4 Å². The molecule has 4 N–H and O–H groups in total. The molecule has 0 atom stereocenters. The molecule has 0 bridgehead atoms. The lowest BCUT2D eigenvalue weighted by atomic mass is 9.89. The van der Waals surface area contributed by atoms with Gasteiger partial charge in [0.25, 0.3) is 0 Å². The second-order valence-electron chi connectivity index (χ2n) is 6.04. The number of nitrogens with one attached hydrogen (secondary N) is 2. The van der Waals surface area contributed by atoms with Crippen LogP contribution >= 0.6 is 0 Å². The van der Waals surface area contributed by atoms with Crippen LogP contribution in [0.15, 0.2) is 42.5 Å². The first kappa shape index (κ1) is 15.3. The van der Waals surface area contributed by atoms with E-state index in [0.717, 1.165) is 22.9 Å². The van der Waals surface area contributed by atoms with Gasteiger partial charge in [-0.3, -0.25) is 0 Å². The molecular weight excluding hydrogens is 262 g/mol. The molecule has 0 radical (unpaired) electrons. The molecule has 2 rings (SSSR count). The van der Waals surface area contributed by atoms with Crippen LogP contribution in [0.1, 0.15) is 20.3 Å². The summed E-state index contributed by atoms with van der Waals surface area (Å²) in [5.74, 6) is 0. The zero-order valence-corrected chi connectivity index (χ0v) is 12.6. The fourth-order valence-corrected chi connectivity index (χ4v) is 2.30. The number of carbonyl (C=O) groups excluding carboxylic acids is 1. The van der Waals surface area contributed by atoms with Gasteiger partial charge in [-0.15, -0.1) is 0 Å². The average Bonchev–Trinajstić information content (AvgIpc) is 2.46. The number of fused-ring (bicyclic) bond motifs is 1. The maximum Gasteiger partial charge on any atom is 0.319 e. The molecule has 2 aromatic carbocycles. The summed E-state index contributed by atoms with van der Waals surface area (Å²) < 4.78 is 0. The lowest BCUT2D eigenvalue weighted by molar-refractivity contribution is 0.243. The van der Waals surface area contributed by atoms with Crippen molar-refractivity contribution in [3.05, 3.63) is 42.5 Å². The quantitative estimate of drug-likeness (QED) is 0.788. The molecule has 21 heavy (non-hydrogen) atoms. The van der Waals surface area contributed by atoms with Gasteiger partial charge in [-0.1, -0.05) is 50.2 Å². The molecule has 0 saturated heterocycles. The Morgan fingerprint density at radius 2 is 1.86 bits per heavy atom. The summed E-state index contributed by atoms with van der Waals surface area (Å²) in [7, 11) is 0. The summed E-state index contributed by atoms with van der Waals surface area (Å²) in [5, 5.41) is 7.98. The van der Waals surface area contributed by atoms with E-state index in [4.69, 9.17) is 5.73 Å². The number of hydrogen-bond acceptors (Lipinski definition) is 2. The van der Waals surface area contributed by atoms with E-state index >= 15 is 0 Å². The highest BCUT2D eigenvalue weighted by Gasteiger charge is 2.17. The highest BCUT2D eigenvalue weighted by molar-refractivity contribution is 6.01. The van der Waals surface area contributed by atoms with Gasteiger partial charge >= 0.3 is 6.03 Å². The number of urea groups is 1. The monoisotopic (exact) mass is 285 g/mol. The van der Waals surface area contributed by atoms with E-state index in [2.05, 4.69) is 24.5 Å². The maximum absolute atomic E-state index is 12.1. The highest BCUT2D eigenvalue weighted by atomic mass is 16.2. The van der Waals surface area contributed by atoms with Crippen LogP contribution < -0.4 is 16.4 Å². The minimum absolute atomic E-state index is 0.00481. The highest BCUT2D eigenvalue weighted by Crippen LogP contribution is 2.23. The van der Waals surface area contributed by atoms with Crippen LogP contribution in [0.2, 0.25) is 0 Å². The number of rotatable bonds is 5. The van der Waals surface area contributed by atoms with Crippen LogP contribution in [0, 0.1) is 5.41 Å². The Morgan fingerprint density at radius 3 is 2.62 bits per heavy atom. The fourth-order valence-electron chi connectivity index (χ4n) is 2.30. The zero-order valence-electron chi connectivity index (χ0n) is 12.6. The first-order valence-electron chi connectivity index (χ1n) is 7.24. The van der Waals surface area contributed by atoms with Gasteiger partial charge in [-0.2, -0.15) is 0 Å². The summed E-state index contributed by atoms with van der Waals surface area (Å²) in [6.45, 7) is 5.41. The largest absolute Gasteiger partial charge is 0.337 e. The van der Waals surface area contributed by atoms with Crippen LogP contribution in [0.4, 0.5) is 10.5 Å². The number of nitrogens with two attached hydrogens (primary N) is 1. The van der Waals surface area contributed by atoms with E-state index in [1.54, 1.807) is 0 Å². The molecule has 0 aliphatic heterocycles. The molecule has 4 nitrogen and oxygen atoms in total. The molecular formula is C17H23N3O. The van der Waals surface area contributed by atoms with Gasteiger partial charge in [0.2, 0.25) is 0 Å². The number of benzene rings is 2. The van der Waals surface area contributed by atoms with Crippen molar-refractivity contribution in [2.24, 2.45) is 11.1 Å². The Labute approximate surface area is 125 Å². The summed E-state index contributed by atoms with van der Waals surface area (Å²) in [5.41, 5.74) is 6.40. The maximum atomic E-state index is 12.1. The third kappa shape index (κ3) is 4.20. The van der Waals surface area contributed by atoms with Gasteiger partial charge in [0, 0.05) is 11.9 Å². The number of amides is 2. The van der Waals surface area contributed by atoms with E-state index < -0.39 is 0 Å². The first-order valence-corrected chi connectivity index (χ1v) is 7.24. The van der Waals surface area contributed by atoms with Crippen molar-refractivity contribution in [1.29, 1.82) is 0 Å². The van der Waals surface area contributed by atoms with Gasteiger partial charge in [0.15, 0.2) is 0 Å². The van der Waals surface area contributed by atoms with Gasteiger partial charge in [-0.25, -0.2) is 4.79 Å². The van der Waals surface area contributed by atoms with Gasteiger partial charge < -0.3 is 16.4 Å². The summed E-state index contributed by atoms with van der Waals surface area (Å²) in [6.07, 6.45) is 0.877. The van der Waals surface area contributed by atoms with Crippen LogP contribution in [-0.2, 0) is 0 Å². The fraction of sp³-hybridized carbons (Fsp3) is 0.353. The van der Waals surface area contributed by atoms with Gasteiger partial charge in [0.1, 0.15) is 0 Å². The van der Waals surface area contributed by atoms with E-state index in [1.165, 1.54) is 0 Å². The van der Waals surface area contributed by atoms with Crippen LogP contribution in [-0.4, -0.2) is 19.1 Å². The molecule has 0 aliphatic carbocycles. The standard InChI is InChI=1S/C17H23N3O/c1-17(2,10-11-18)12-19-16(21)20-15-9-5-7-13-6-3-4-8-14(13)15/h3-9H,10-12,18H2,1-2H3,(H2,19,20,21). The molecule has 0 aliphatic rings. The number of anilines is 1. The SMILES string of the molecule is CC(C)(CCN)CNC(=O)Nc1cccc2ccccc12. The normalized spacial score (nSPS) is 11.4. The number of carbonyl (C=O) groups is 1. The lowest BCUT2D eigenvalue weighted by Crippen LogP contribution is -2.37. The third-order valence-electron chi connectivity index (χ3n) is 3.59. The minimum Gasteiger partial charge on any atom is -0.337 e. The molecule has 0 aromatic heterocycles. The Kier molecular flexibility index (Phi) is 4.81. The topological polar surface area (TPSA) is 67.1 Å². The van der Waals surface area contributed by atoms with E-state index in [0.29, 0.717) is 13.1 Å². The van der Waals surface area contributed by atoms with Gasteiger partial charge in [0.05, 0.1) is 5.69 Å². The van der Waals surface area contributed by atoms with Crippen molar-refractivity contribution in [2.45, 2.75) is 20.3 Å². The van der Waals surface area contributed by atoms with Crippen molar-refractivity contribution in [1.82, 2.24) is 5.32 Å².